The van der Waals surface area contributed by atoms with E-state index in [4.69, 9.17) is 9.26 Å². The second kappa shape index (κ2) is 7.88. The van der Waals surface area contributed by atoms with Gasteiger partial charge in [0, 0.05) is 44.6 Å². The number of ether oxygens (including phenoxy) is 1. The van der Waals surface area contributed by atoms with Crippen LogP contribution in [0.1, 0.15) is 68.0 Å². The molecule has 1 saturated carbocycles. The van der Waals surface area contributed by atoms with Crippen molar-refractivity contribution >= 4 is 0 Å². The zero-order valence-electron chi connectivity index (χ0n) is 15.7. The van der Waals surface area contributed by atoms with Crippen LogP contribution in [0.15, 0.2) is 16.9 Å². The molecule has 2 aromatic rings. The number of nitrogens with one attached hydrogen (secondary N) is 1. The van der Waals surface area contributed by atoms with E-state index >= 15 is 0 Å². The Labute approximate surface area is 154 Å². The number of aromatic nitrogens is 4. The van der Waals surface area contributed by atoms with E-state index in [9.17, 15) is 0 Å². The van der Waals surface area contributed by atoms with E-state index in [0.29, 0.717) is 23.9 Å². The lowest BCUT2D eigenvalue weighted by Gasteiger charge is -2.36. The highest BCUT2D eigenvalue weighted by atomic mass is 16.5. The Bertz CT molecular complexity index is 698. The third-order valence-corrected chi connectivity index (χ3v) is 5.91. The lowest BCUT2D eigenvalue weighted by molar-refractivity contribution is 0.0490. The molecule has 0 spiro atoms. The smallest absolute Gasteiger partial charge is 0.229 e. The summed E-state index contributed by atoms with van der Waals surface area (Å²) >= 11 is 0. The quantitative estimate of drug-likeness (QED) is 0.884. The van der Waals surface area contributed by atoms with Crippen molar-refractivity contribution in [2.24, 2.45) is 13.0 Å². The fraction of sp³-hybridized carbons (Fsp3) is 0.737. The fourth-order valence-corrected chi connectivity index (χ4v) is 4.39. The Morgan fingerprint density at radius 3 is 2.54 bits per heavy atom. The molecule has 7 heteroatoms. The van der Waals surface area contributed by atoms with Gasteiger partial charge in [-0.15, -0.1) is 0 Å². The number of hydrogen-bond donors (Lipinski definition) is 1. The van der Waals surface area contributed by atoms with Crippen LogP contribution in [0.4, 0.5) is 0 Å². The maximum Gasteiger partial charge on any atom is 0.229 e. The number of rotatable bonds is 5. The largest absolute Gasteiger partial charge is 0.381 e. The van der Waals surface area contributed by atoms with E-state index in [-0.39, 0.29) is 0 Å². The van der Waals surface area contributed by atoms with Crippen molar-refractivity contribution in [3.8, 4) is 0 Å². The van der Waals surface area contributed by atoms with Crippen LogP contribution in [-0.2, 0) is 11.8 Å². The molecule has 2 fully saturated rings. The third-order valence-electron chi connectivity index (χ3n) is 5.91. The van der Waals surface area contributed by atoms with Gasteiger partial charge < -0.3 is 19.1 Å². The van der Waals surface area contributed by atoms with Gasteiger partial charge in [-0.05, 0) is 51.4 Å². The summed E-state index contributed by atoms with van der Waals surface area (Å²) in [6.07, 6.45) is 10.6. The molecule has 1 aliphatic heterocycles. The van der Waals surface area contributed by atoms with Crippen molar-refractivity contribution in [1.29, 1.82) is 0 Å². The van der Waals surface area contributed by atoms with Crippen molar-refractivity contribution in [2.45, 2.75) is 63.5 Å². The van der Waals surface area contributed by atoms with E-state index in [1.807, 2.05) is 19.3 Å². The van der Waals surface area contributed by atoms with Crippen molar-refractivity contribution < 1.29 is 9.26 Å². The zero-order valence-corrected chi connectivity index (χ0v) is 15.7. The molecule has 3 heterocycles. The zero-order chi connectivity index (χ0) is 17.9. The molecular formula is C19H29N5O2. The molecule has 2 aromatic heterocycles. The minimum Gasteiger partial charge on any atom is -0.381 e. The Kier molecular flexibility index (Phi) is 5.36. The number of aryl methyl sites for hydroxylation is 2. The normalized spacial score (nSPS) is 26.1. The minimum absolute atomic E-state index is 0.297. The molecule has 1 saturated heterocycles. The van der Waals surface area contributed by atoms with Crippen LogP contribution in [0.25, 0.3) is 0 Å². The molecule has 0 radical (unpaired) electrons. The molecule has 1 unspecified atom stereocenters. The van der Waals surface area contributed by atoms with Gasteiger partial charge in [-0.3, -0.25) is 0 Å². The number of hydrogen-bond acceptors (Lipinski definition) is 6. The van der Waals surface area contributed by atoms with Crippen LogP contribution in [0, 0.1) is 12.8 Å². The average molecular weight is 359 g/mol. The van der Waals surface area contributed by atoms with Gasteiger partial charge in [0.05, 0.1) is 6.04 Å². The lowest BCUT2D eigenvalue weighted by Crippen LogP contribution is -2.41. The summed E-state index contributed by atoms with van der Waals surface area (Å²) in [7, 11) is 2.09. The number of nitrogens with zero attached hydrogens (tertiary/aromatic N) is 4. The van der Waals surface area contributed by atoms with Crippen LogP contribution in [0.5, 0.6) is 0 Å². The first-order valence-corrected chi connectivity index (χ1v) is 9.82. The molecular weight excluding hydrogens is 330 g/mol. The highest BCUT2D eigenvalue weighted by molar-refractivity contribution is 5.04. The van der Waals surface area contributed by atoms with Gasteiger partial charge in [0.15, 0.2) is 5.82 Å². The summed E-state index contributed by atoms with van der Waals surface area (Å²) in [6, 6.07) is 0.811. The molecule has 26 heavy (non-hydrogen) atoms. The molecule has 0 aromatic carbocycles. The van der Waals surface area contributed by atoms with Crippen LogP contribution < -0.4 is 5.32 Å². The van der Waals surface area contributed by atoms with Crippen LogP contribution in [-0.4, -0.2) is 38.9 Å². The Morgan fingerprint density at radius 2 is 1.92 bits per heavy atom. The summed E-state index contributed by atoms with van der Waals surface area (Å²) in [5, 5.41) is 7.88. The lowest BCUT2D eigenvalue weighted by atomic mass is 9.84. The van der Waals surface area contributed by atoms with E-state index in [0.717, 1.165) is 69.3 Å². The molecule has 4 rings (SSSR count). The van der Waals surface area contributed by atoms with Crippen LogP contribution in [0.2, 0.25) is 0 Å². The van der Waals surface area contributed by atoms with Gasteiger partial charge >= 0.3 is 0 Å². The summed E-state index contributed by atoms with van der Waals surface area (Å²) in [5.74, 6) is 3.68. The molecule has 7 nitrogen and oxygen atoms in total. The highest BCUT2D eigenvalue weighted by Gasteiger charge is 2.32. The minimum atomic E-state index is 0.297. The predicted molar refractivity (Wildman–Crippen MR) is 96.7 cm³/mol. The number of imidazole rings is 1. The molecule has 2 aliphatic rings. The summed E-state index contributed by atoms with van der Waals surface area (Å²) in [4.78, 5) is 9.07. The van der Waals surface area contributed by atoms with E-state index in [2.05, 4.69) is 32.1 Å². The van der Waals surface area contributed by atoms with E-state index in [1.54, 1.807) is 0 Å². The van der Waals surface area contributed by atoms with Gasteiger partial charge in [0.1, 0.15) is 5.82 Å². The van der Waals surface area contributed by atoms with Gasteiger partial charge in [0.2, 0.25) is 5.89 Å². The first-order valence-electron chi connectivity index (χ1n) is 9.82. The fourth-order valence-electron chi connectivity index (χ4n) is 4.39. The van der Waals surface area contributed by atoms with Gasteiger partial charge in [-0.2, -0.15) is 4.98 Å². The topological polar surface area (TPSA) is 78.0 Å². The second-order valence-electron chi connectivity index (χ2n) is 7.72. The summed E-state index contributed by atoms with van der Waals surface area (Å²) < 4.78 is 13.1. The van der Waals surface area contributed by atoms with E-state index in [1.165, 1.54) is 0 Å². The molecule has 1 N–H and O–H groups in total. The Hall–Kier alpha value is -1.73. The third kappa shape index (κ3) is 3.83. The average Bonchev–Trinajstić information content (AvgIpc) is 3.29. The monoisotopic (exact) mass is 359 g/mol. The van der Waals surface area contributed by atoms with Gasteiger partial charge in [0.25, 0.3) is 0 Å². The van der Waals surface area contributed by atoms with E-state index < -0.39 is 0 Å². The predicted octanol–water partition coefficient (Wildman–Crippen LogP) is 2.90. The second-order valence-corrected chi connectivity index (χ2v) is 7.72. The maximum absolute atomic E-state index is 5.57. The summed E-state index contributed by atoms with van der Waals surface area (Å²) in [5.41, 5.74) is 0. The Morgan fingerprint density at radius 1 is 1.15 bits per heavy atom. The molecule has 1 atom stereocenters. The standard InChI is InChI=1S/C19H29N5O2/c1-13-21-19(26-23-13)15-3-5-16(6-4-15)22-17(14-7-11-25-12-8-14)18-20-9-10-24(18)2/h9-10,14-17,22H,3-8,11-12H2,1-2H3. The molecule has 142 valence electrons. The molecule has 0 bridgehead atoms. The highest BCUT2D eigenvalue weighted by Crippen LogP contribution is 2.35. The first kappa shape index (κ1) is 17.7. The van der Waals surface area contributed by atoms with Crippen molar-refractivity contribution in [3.05, 3.63) is 29.9 Å². The maximum atomic E-state index is 5.57. The van der Waals surface area contributed by atoms with Gasteiger partial charge in [-0.1, -0.05) is 5.16 Å². The molecule has 0 amide bonds. The van der Waals surface area contributed by atoms with Crippen molar-refractivity contribution in [2.75, 3.05) is 13.2 Å². The van der Waals surface area contributed by atoms with Crippen molar-refractivity contribution in [3.63, 3.8) is 0 Å². The SMILES string of the molecule is Cc1noc(C2CCC(NC(c3nccn3C)C3CCOCC3)CC2)n1. The van der Waals surface area contributed by atoms with Crippen LogP contribution >= 0.6 is 0 Å². The summed E-state index contributed by atoms with van der Waals surface area (Å²) in [6.45, 7) is 3.60. The molecule has 1 aliphatic carbocycles. The van der Waals surface area contributed by atoms with Crippen LogP contribution in [0.3, 0.4) is 0 Å². The first-order chi connectivity index (χ1) is 12.7. The Balaban J connectivity index is 1.41. The van der Waals surface area contributed by atoms with Gasteiger partial charge in [-0.25, -0.2) is 4.98 Å². The van der Waals surface area contributed by atoms with Crippen molar-refractivity contribution in [1.82, 2.24) is 25.0 Å².